The molecule has 1 amide bonds. The van der Waals surface area contributed by atoms with Gasteiger partial charge >= 0.3 is 0 Å². The summed E-state index contributed by atoms with van der Waals surface area (Å²) in [7, 11) is 0. The SMILES string of the molecule is C#CCOc1ccc(Br)cc1CNC1CCN(C(=O)C(C)C)CC1. The zero-order valence-electron chi connectivity index (χ0n) is 14.3. The molecule has 0 spiro atoms. The number of benzene rings is 1. The lowest BCUT2D eigenvalue weighted by Gasteiger charge is -2.33. The number of piperidine rings is 1. The number of nitrogens with zero attached hydrogens (tertiary/aromatic N) is 1. The number of carbonyl (C=O) groups is 1. The van der Waals surface area contributed by atoms with Crippen molar-refractivity contribution in [2.45, 2.75) is 39.3 Å². The molecular formula is C19H25BrN2O2. The molecule has 0 aliphatic carbocycles. The zero-order valence-corrected chi connectivity index (χ0v) is 15.9. The Morgan fingerprint density at radius 1 is 1.46 bits per heavy atom. The van der Waals surface area contributed by atoms with Crippen LogP contribution >= 0.6 is 15.9 Å². The molecule has 0 saturated carbocycles. The maximum absolute atomic E-state index is 12.0. The first kappa shape index (κ1) is 18.8. The highest BCUT2D eigenvalue weighted by Gasteiger charge is 2.24. The van der Waals surface area contributed by atoms with Crippen molar-refractivity contribution in [3.05, 3.63) is 28.2 Å². The van der Waals surface area contributed by atoms with E-state index < -0.39 is 0 Å². The molecule has 4 nitrogen and oxygen atoms in total. The summed E-state index contributed by atoms with van der Waals surface area (Å²) >= 11 is 3.50. The van der Waals surface area contributed by atoms with Crippen LogP contribution in [0.15, 0.2) is 22.7 Å². The average molecular weight is 393 g/mol. The highest BCUT2D eigenvalue weighted by molar-refractivity contribution is 9.10. The molecule has 24 heavy (non-hydrogen) atoms. The van der Waals surface area contributed by atoms with Crippen LogP contribution in [0.2, 0.25) is 0 Å². The van der Waals surface area contributed by atoms with Crippen LogP contribution in [0.4, 0.5) is 0 Å². The molecule has 1 aromatic rings. The van der Waals surface area contributed by atoms with E-state index in [-0.39, 0.29) is 18.4 Å². The van der Waals surface area contributed by atoms with Crippen LogP contribution in [0.3, 0.4) is 0 Å². The predicted molar refractivity (Wildman–Crippen MR) is 99.7 cm³/mol. The third-order valence-corrected chi connectivity index (χ3v) is 4.71. The number of hydrogen-bond acceptors (Lipinski definition) is 3. The molecule has 1 heterocycles. The van der Waals surface area contributed by atoms with Gasteiger partial charge in [-0.1, -0.05) is 35.7 Å². The van der Waals surface area contributed by atoms with E-state index in [1.165, 1.54) is 0 Å². The van der Waals surface area contributed by atoms with Crippen LogP contribution in [-0.4, -0.2) is 36.5 Å². The van der Waals surface area contributed by atoms with Crippen molar-refractivity contribution in [1.82, 2.24) is 10.2 Å². The van der Waals surface area contributed by atoms with E-state index in [4.69, 9.17) is 11.2 Å². The largest absolute Gasteiger partial charge is 0.481 e. The average Bonchev–Trinajstić information content (AvgIpc) is 2.58. The van der Waals surface area contributed by atoms with Crippen molar-refractivity contribution in [1.29, 1.82) is 0 Å². The van der Waals surface area contributed by atoms with Crippen LogP contribution < -0.4 is 10.1 Å². The third kappa shape index (κ3) is 5.25. The molecule has 1 saturated heterocycles. The van der Waals surface area contributed by atoms with Crippen LogP contribution in [-0.2, 0) is 11.3 Å². The van der Waals surface area contributed by atoms with Crippen LogP contribution in [0, 0.1) is 18.3 Å². The van der Waals surface area contributed by atoms with Crippen LogP contribution in [0.25, 0.3) is 0 Å². The first-order valence-electron chi connectivity index (χ1n) is 8.38. The molecule has 0 aromatic heterocycles. The van der Waals surface area contributed by atoms with Gasteiger partial charge < -0.3 is 15.0 Å². The fourth-order valence-electron chi connectivity index (χ4n) is 2.87. The third-order valence-electron chi connectivity index (χ3n) is 4.22. The number of likely N-dealkylation sites (tertiary alicyclic amines) is 1. The molecule has 1 fully saturated rings. The Bertz CT molecular complexity index is 602. The Balaban J connectivity index is 1.87. The normalized spacial score (nSPS) is 15.4. The molecule has 0 unspecified atom stereocenters. The Kier molecular flexibility index (Phi) is 7.14. The standard InChI is InChI=1S/C19H25BrN2O2/c1-4-11-24-18-6-5-16(20)12-15(18)13-21-17-7-9-22(10-8-17)19(23)14(2)3/h1,5-6,12,14,17,21H,7-11,13H2,2-3H3. The molecule has 1 N–H and O–H groups in total. The monoisotopic (exact) mass is 392 g/mol. The summed E-state index contributed by atoms with van der Waals surface area (Å²) in [5.74, 6) is 3.64. The molecule has 2 rings (SSSR count). The molecule has 1 aliphatic rings. The lowest BCUT2D eigenvalue weighted by atomic mass is 10.0. The topological polar surface area (TPSA) is 41.6 Å². The molecule has 0 bridgehead atoms. The number of terminal acetylenes is 1. The van der Waals surface area contributed by atoms with Gasteiger partial charge in [0.1, 0.15) is 12.4 Å². The minimum Gasteiger partial charge on any atom is -0.481 e. The first-order chi connectivity index (χ1) is 11.5. The van der Waals surface area contributed by atoms with Crippen molar-refractivity contribution < 1.29 is 9.53 Å². The molecule has 130 valence electrons. The van der Waals surface area contributed by atoms with E-state index in [9.17, 15) is 4.79 Å². The van der Waals surface area contributed by atoms with Gasteiger partial charge in [0, 0.05) is 41.6 Å². The van der Waals surface area contributed by atoms with Crippen LogP contribution in [0.1, 0.15) is 32.3 Å². The lowest BCUT2D eigenvalue weighted by molar-refractivity contribution is -0.135. The molecule has 5 heteroatoms. The number of hydrogen-bond donors (Lipinski definition) is 1. The van der Waals surface area contributed by atoms with Crippen molar-refractivity contribution in [2.24, 2.45) is 5.92 Å². The highest BCUT2D eigenvalue weighted by atomic mass is 79.9. The van der Waals surface area contributed by atoms with Gasteiger partial charge in [-0.2, -0.15) is 0 Å². The fourth-order valence-corrected chi connectivity index (χ4v) is 3.28. The summed E-state index contributed by atoms with van der Waals surface area (Å²) in [6, 6.07) is 6.35. The van der Waals surface area contributed by atoms with Crippen molar-refractivity contribution in [2.75, 3.05) is 19.7 Å². The Hall–Kier alpha value is -1.51. The summed E-state index contributed by atoms with van der Waals surface area (Å²) in [6.07, 6.45) is 7.23. The van der Waals surface area contributed by atoms with E-state index in [0.717, 1.165) is 48.3 Å². The molecular weight excluding hydrogens is 368 g/mol. The summed E-state index contributed by atoms with van der Waals surface area (Å²) in [5.41, 5.74) is 1.08. The van der Waals surface area contributed by atoms with Gasteiger partial charge in [-0.3, -0.25) is 4.79 Å². The zero-order chi connectivity index (χ0) is 17.5. The van der Waals surface area contributed by atoms with Gasteiger partial charge in [0.2, 0.25) is 5.91 Å². The highest BCUT2D eigenvalue weighted by Crippen LogP contribution is 2.24. The van der Waals surface area contributed by atoms with Gasteiger partial charge in [0.05, 0.1) is 0 Å². The minimum absolute atomic E-state index is 0.0760. The van der Waals surface area contributed by atoms with Crippen molar-refractivity contribution >= 4 is 21.8 Å². The van der Waals surface area contributed by atoms with E-state index in [2.05, 4.69) is 33.2 Å². The summed E-state index contributed by atoms with van der Waals surface area (Å²) in [4.78, 5) is 14.0. The number of ether oxygens (including phenoxy) is 1. The maximum atomic E-state index is 12.0. The number of nitrogens with one attached hydrogen (secondary N) is 1. The first-order valence-corrected chi connectivity index (χ1v) is 9.17. The van der Waals surface area contributed by atoms with E-state index >= 15 is 0 Å². The van der Waals surface area contributed by atoms with Crippen molar-refractivity contribution in [3.63, 3.8) is 0 Å². The summed E-state index contributed by atoms with van der Waals surface area (Å²) in [5, 5.41) is 3.58. The fraction of sp³-hybridized carbons (Fsp3) is 0.526. The molecule has 0 atom stereocenters. The predicted octanol–water partition coefficient (Wildman–Crippen LogP) is 3.20. The Labute approximate surface area is 153 Å². The van der Waals surface area contributed by atoms with Gasteiger partial charge in [-0.25, -0.2) is 0 Å². The van der Waals surface area contributed by atoms with Gasteiger partial charge in [-0.05, 0) is 31.0 Å². The van der Waals surface area contributed by atoms with E-state index in [0.29, 0.717) is 6.04 Å². The number of amides is 1. The Morgan fingerprint density at radius 3 is 2.79 bits per heavy atom. The number of carbonyl (C=O) groups excluding carboxylic acids is 1. The van der Waals surface area contributed by atoms with Gasteiger partial charge in [0.15, 0.2) is 0 Å². The number of halogens is 1. The lowest BCUT2D eigenvalue weighted by Crippen LogP contribution is -2.46. The van der Waals surface area contributed by atoms with E-state index in [1.54, 1.807) is 0 Å². The summed E-state index contributed by atoms with van der Waals surface area (Å²) < 4.78 is 6.62. The molecule has 0 radical (unpaired) electrons. The number of rotatable bonds is 6. The Morgan fingerprint density at radius 2 is 2.17 bits per heavy atom. The minimum atomic E-state index is 0.0760. The summed E-state index contributed by atoms with van der Waals surface area (Å²) in [6.45, 7) is 6.56. The van der Waals surface area contributed by atoms with Gasteiger partial charge in [0.25, 0.3) is 0 Å². The van der Waals surface area contributed by atoms with Crippen LogP contribution in [0.5, 0.6) is 5.75 Å². The molecule has 1 aromatic carbocycles. The second-order valence-corrected chi connectivity index (χ2v) is 7.30. The molecule has 1 aliphatic heterocycles. The van der Waals surface area contributed by atoms with Crippen molar-refractivity contribution in [3.8, 4) is 18.1 Å². The second kappa shape index (κ2) is 9.10. The quantitative estimate of drug-likeness (QED) is 0.755. The van der Waals surface area contributed by atoms with E-state index in [1.807, 2.05) is 30.9 Å². The second-order valence-electron chi connectivity index (χ2n) is 6.38. The maximum Gasteiger partial charge on any atom is 0.225 e. The smallest absolute Gasteiger partial charge is 0.225 e. The van der Waals surface area contributed by atoms with Gasteiger partial charge in [-0.15, -0.1) is 6.42 Å².